The van der Waals surface area contributed by atoms with E-state index in [2.05, 4.69) is 4.90 Å². The van der Waals surface area contributed by atoms with Crippen LogP contribution in [0.5, 0.6) is 0 Å². The summed E-state index contributed by atoms with van der Waals surface area (Å²) in [4.78, 5) is 13.5. The first kappa shape index (κ1) is 13.8. The van der Waals surface area contributed by atoms with E-state index in [1.54, 1.807) is 0 Å². The standard InChI is InChI=1S/C14H25NO3/c16-14(17)13(15-8-10-18-11-9-15)7-6-12-4-2-1-3-5-12/h12-13H,1-11H2,(H,16,17). The van der Waals surface area contributed by atoms with E-state index in [0.717, 1.165) is 31.8 Å². The van der Waals surface area contributed by atoms with E-state index >= 15 is 0 Å². The molecule has 2 fully saturated rings. The molecule has 0 aromatic heterocycles. The van der Waals surface area contributed by atoms with Gasteiger partial charge < -0.3 is 9.84 Å². The molecule has 1 atom stereocenters. The summed E-state index contributed by atoms with van der Waals surface area (Å²) in [6.45, 7) is 2.88. The van der Waals surface area contributed by atoms with E-state index in [9.17, 15) is 9.90 Å². The van der Waals surface area contributed by atoms with Crippen molar-refractivity contribution in [2.45, 2.75) is 51.0 Å². The van der Waals surface area contributed by atoms with Crippen LogP contribution >= 0.6 is 0 Å². The number of hydrogen-bond donors (Lipinski definition) is 1. The Hall–Kier alpha value is -0.610. The SMILES string of the molecule is O=C(O)C(CCC1CCCCC1)N1CCOCC1. The molecule has 1 saturated heterocycles. The Bertz CT molecular complexity index is 258. The summed E-state index contributed by atoms with van der Waals surface area (Å²) in [5.41, 5.74) is 0. The molecule has 0 aromatic rings. The van der Waals surface area contributed by atoms with Crippen molar-refractivity contribution in [3.63, 3.8) is 0 Å². The smallest absolute Gasteiger partial charge is 0.320 e. The summed E-state index contributed by atoms with van der Waals surface area (Å²) in [6.07, 6.45) is 8.52. The van der Waals surface area contributed by atoms with Crippen molar-refractivity contribution in [2.24, 2.45) is 5.92 Å². The predicted octanol–water partition coefficient (Wildman–Crippen LogP) is 2.13. The predicted molar refractivity (Wildman–Crippen MR) is 69.6 cm³/mol. The lowest BCUT2D eigenvalue weighted by Gasteiger charge is -2.33. The molecule has 1 heterocycles. The molecular weight excluding hydrogens is 230 g/mol. The molecule has 1 saturated carbocycles. The van der Waals surface area contributed by atoms with Crippen LogP contribution in [0, 0.1) is 5.92 Å². The number of nitrogens with zero attached hydrogens (tertiary/aromatic N) is 1. The lowest BCUT2D eigenvalue weighted by molar-refractivity contribution is -0.145. The molecular formula is C14H25NO3. The van der Waals surface area contributed by atoms with E-state index in [4.69, 9.17) is 4.74 Å². The number of rotatable bonds is 5. The van der Waals surface area contributed by atoms with Gasteiger partial charge in [-0.3, -0.25) is 9.69 Å². The van der Waals surface area contributed by atoms with Crippen molar-refractivity contribution in [2.75, 3.05) is 26.3 Å². The van der Waals surface area contributed by atoms with Crippen LogP contribution in [-0.4, -0.2) is 48.3 Å². The minimum Gasteiger partial charge on any atom is -0.480 e. The highest BCUT2D eigenvalue weighted by atomic mass is 16.5. The summed E-state index contributed by atoms with van der Waals surface area (Å²) < 4.78 is 5.29. The normalized spacial score (nSPS) is 24.9. The van der Waals surface area contributed by atoms with Crippen LogP contribution in [0.1, 0.15) is 44.9 Å². The van der Waals surface area contributed by atoms with Crippen molar-refractivity contribution < 1.29 is 14.6 Å². The largest absolute Gasteiger partial charge is 0.480 e. The molecule has 1 aliphatic heterocycles. The quantitative estimate of drug-likeness (QED) is 0.817. The van der Waals surface area contributed by atoms with Crippen LogP contribution in [0.2, 0.25) is 0 Å². The molecule has 0 spiro atoms. The number of carboxylic acid groups (broad SMARTS) is 1. The molecule has 0 radical (unpaired) electrons. The zero-order valence-electron chi connectivity index (χ0n) is 11.1. The van der Waals surface area contributed by atoms with Gasteiger partial charge >= 0.3 is 5.97 Å². The van der Waals surface area contributed by atoms with Gasteiger partial charge in [-0.05, 0) is 18.8 Å². The molecule has 1 N–H and O–H groups in total. The minimum atomic E-state index is -0.660. The molecule has 2 aliphatic rings. The van der Waals surface area contributed by atoms with Gasteiger partial charge in [0.2, 0.25) is 0 Å². The number of morpholine rings is 1. The maximum absolute atomic E-state index is 11.4. The lowest BCUT2D eigenvalue weighted by Crippen LogP contribution is -2.47. The second-order valence-corrected chi connectivity index (χ2v) is 5.58. The Labute approximate surface area is 109 Å². The van der Waals surface area contributed by atoms with E-state index < -0.39 is 5.97 Å². The monoisotopic (exact) mass is 255 g/mol. The van der Waals surface area contributed by atoms with Gasteiger partial charge in [0, 0.05) is 13.1 Å². The molecule has 0 amide bonds. The summed E-state index contributed by atoms with van der Waals surface area (Å²) in [5.74, 6) is 0.106. The van der Waals surface area contributed by atoms with E-state index in [1.807, 2.05) is 0 Å². The van der Waals surface area contributed by atoms with Crippen LogP contribution in [0.25, 0.3) is 0 Å². The summed E-state index contributed by atoms with van der Waals surface area (Å²) in [6, 6.07) is -0.296. The number of carbonyl (C=O) groups is 1. The van der Waals surface area contributed by atoms with Gasteiger partial charge in [-0.15, -0.1) is 0 Å². The van der Waals surface area contributed by atoms with Crippen LogP contribution in [0.15, 0.2) is 0 Å². The third kappa shape index (κ3) is 3.95. The fourth-order valence-electron chi connectivity index (χ4n) is 3.22. The first-order valence-corrected chi connectivity index (χ1v) is 7.32. The molecule has 1 unspecified atom stereocenters. The second-order valence-electron chi connectivity index (χ2n) is 5.58. The number of ether oxygens (including phenoxy) is 1. The fourth-order valence-corrected chi connectivity index (χ4v) is 3.22. The topological polar surface area (TPSA) is 49.8 Å². The van der Waals surface area contributed by atoms with Crippen molar-refractivity contribution >= 4 is 5.97 Å². The van der Waals surface area contributed by atoms with Gasteiger partial charge in [-0.2, -0.15) is 0 Å². The highest BCUT2D eigenvalue weighted by Gasteiger charge is 2.27. The molecule has 2 rings (SSSR count). The lowest BCUT2D eigenvalue weighted by atomic mass is 9.85. The van der Waals surface area contributed by atoms with Crippen molar-refractivity contribution in [3.8, 4) is 0 Å². The average Bonchev–Trinajstić information content (AvgIpc) is 2.41. The maximum atomic E-state index is 11.4. The second kappa shape index (κ2) is 7.10. The average molecular weight is 255 g/mol. The van der Waals surface area contributed by atoms with Crippen LogP contribution in [0.3, 0.4) is 0 Å². The van der Waals surface area contributed by atoms with E-state index in [1.165, 1.54) is 32.1 Å². The Morgan fingerprint density at radius 1 is 1.22 bits per heavy atom. The third-order valence-corrected chi connectivity index (χ3v) is 4.34. The minimum absolute atomic E-state index is 0.296. The molecule has 1 aliphatic carbocycles. The van der Waals surface area contributed by atoms with Crippen LogP contribution in [-0.2, 0) is 9.53 Å². The van der Waals surface area contributed by atoms with Crippen molar-refractivity contribution in [1.29, 1.82) is 0 Å². The molecule has 0 bridgehead atoms. The highest BCUT2D eigenvalue weighted by molar-refractivity contribution is 5.73. The van der Waals surface area contributed by atoms with E-state index in [0.29, 0.717) is 13.2 Å². The van der Waals surface area contributed by atoms with Gasteiger partial charge in [-0.1, -0.05) is 32.1 Å². The molecule has 4 heteroatoms. The Morgan fingerprint density at radius 2 is 1.89 bits per heavy atom. The van der Waals surface area contributed by atoms with Gasteiger partial charge in [-0.25, -0.2) is 0 Å². The number of aliphatic carboxylic acids is 1. The van der Waals surface area contributed by atoms with Gasteiger partial charge in [0.15, 0.2) is 0 Å². The van der Waals surface area contributed by atoms with Crippen LogP contribution < -0.4 is 0 Å². The highest BCUT2D eigenvalue weighted by Crippen LogP contribution is 2.28. The zero-order valence-corrected chi connectivity index (χ0v) is 11.1. The van der Waals surface area contributed by atoms with Crippen molar-refractivity contribution in [3.05, 3.63) is 0 Å². The molecule has 104 valence electrons. The fraction of sp³-hybridized carbons (Fsp3) is 0.929. The Kier molecular flexibility index (Phi) is 5.45. The number of carboxylic acids is 1. The third-order valence-electron chi connectivity index (χ3n) is 4.34. The molecule has 18 heavy (non-hydrogen) atoms. The first-order chi connectivity index (χ1) is 8.77. The summed E-state index contributed by atoms with van der Waals surface area (Å²) in [5, 5.41) is 9.37. The van der Waals surface area contributed by atoms with Crippen LogP contribution in [0.4, 0.5) is 0 Å². The first-order valence-electron chi connectivity index (χ1n) is 7.32. The summed E-state index contributed by atoms with van der Waals surface area (Å²) >= 11 is 0. The van der Waals surface area contributed by atoms with E-state index in [-0.39, 0.29) is 6.04 Å². The Morgan fingerprint density at radius 3 is 2.50 bits per heavy atom. The van der Waals surface area contributed by atoms with Gasteiger partial charge in [0.05, 0.1) is 13.2 Å². The Balaban J connectivity index is 1.79. The van der Waals surface area contributed by atoms with Gasteiger partial charge in [0.1, 0.15) is 6.04 Å². The van der Waals surface area contributed by atoms with Gasteiger partial charge in [0.25, 0.3) is 0 Å². The zero-order chi connectivity index (χ0) is 12.8. The maximum Gasteiger partial charge on any atom is 0.320 e. The van der Waals surface area contributed by atoms with Crippen molar-refractivity contribution in [1.82, 2.24) is 4.90 Å². The number of hydrogen-bond acceptors (Lipinski definition) is 3. The summed E-state index contributed by atoms with van der Waals surface area (Å²) in [7, 11) is 0. The molecule has 4 nitrogen and oxygen atoms in total. The molecule has 0 aromatic carbocycles.